The number of carboxylic acid groups (broad SMARTS) is 1. The monoisotopic (exact) mass is 524 g/mol. The molecule has 1 aromatic heterocycles. The van der Waals surface area contributed by atoms with Gasteiger partial charge in [0.1, 0.15) is 21.7 Å². The maximum atomic E-state index is 13.2. The first kappa shape index (κ1) is 25.8. The number of nitrogens with zero attached hydrogens (tertiary/aromatic N) is 3. The van der Waals surface area contributed by atoms with E-state index in [-0.39, 0.29) is 23.1 Å². The quantitative estimate of drug-likeness (QED) is 0.568. The Morgan fingerprint density at radius 3 is 2.69 bits per heavy atom. The highest BCUT2D eigenvalue weighted by Crippen LogP contribution is 2.32. The van der Waals surface area contributed by atoms with E-state index in [1.165, 1.54) is 12.4 Å². The number of carbonyl (C=O) groups excluding carboxylic acids is 1. The van der Waals surface area contributed by atoms with Crippen LogP contribution in [0.15, 0.2) is 34.4 Å². The summed E-state index contributed by atoms with van der Waals surface area (Å²) < 4.78 is 49.9. The van der Waals surface area contributed by atoms with Crippen molar-refractivity contribution in [2.45, 2.75) is 38.6 Å². The van der Waals surface area contributed by atoms with Crippen LogP contribution in [0.3, 0.4) is 0 Å². The number of aromatic nitrogens is 1. The average molecular weight is 525 g/mol. The van der Waals surface area contributed by atoms with Gasteiger partial charge >= 0.3 is 12.1 Å². The van der Waals surface area contributed by atoms with Crippen LogP contribution in [0.5, 0.6) is 5.75 Å². The second-order valence-electron chi connectivity index (χ2n) is 8.78. The molecule has 9 nitrogen and oxygen atoms in total. The maximum Gasteiger partial charge on any atom is 0.451 e. The Kier molecular flexibility index (Phi) is 7.14. The van der Waals surface area contributed by atoms with Crippen LogP contribution in [0.25, 0.3) is 10.6 Å². The Balaban J connectivity index is 1.57. The molecule has 192 valence electrons. The number of amidine groups is 1. The number of alkyl halides is 3. The van der Waals surface area contributed by atoms with Crippen molar-refractivity contribution in [3.05, 3.63) is 34.8 Å². The van der Waals surface area contributed by atoms with Crippen LogP contribution in [0.1, 0.15) is 40.3 Å². The first-order chi connectivity index (χ1) is 16.9. The summed E-state index contributed by atoms with van der Waals surface area (Å²) in [5.74, 6) is -2.42. The molecule has 0 radical (unpaired) electrons. The lowest BCUT2D eigenvalue weighted by Crippen LogP contribution is -2.48. The fraction of sp³-hybridized carbons (Fsp3) is 0.435. The van der Waals surface area contributed by atoms with Gasteiger partial charge in [-0.3, -0.25) is 9.79 Å². The summed E-state index contributed by atoms with van der Waals surface area (Å²) in [5.41, 5.74) is -0.225. The average Bonchev–Trinajstić information content (AvgIpc) is 3.51. The zero-order chi connectivity index (χ0) is 26.1. The van der Waals surface area contributed by atoms with Crippen LogP contribution < -0.4 is 10.1 Å². The summed E-state index contributed by atoms with van der Waals surface area (Å²) in [7, 11) is 0. The molecule has 0 aliphatic carbocycles. The molecular formula is C23H23F3N4O5S. The minimum absolute atomic E-state index is 0.0448. The van der Waals surface area contributed by atoms with Crippen molar-refractivity contribution in [3.8, 4) is 16.3 Å². The van der Waals surface area contributed by atoms with E-state index < -0.39 is 35.3 Å². The number of nitrogens with one attached hydrogen (secondary N) is 1. The number of hydrogen-bond acceptors (Lipinski definition) is 8. The van der Waals surface area contributed by atoms with E-state index >= 15 is 0 Å². The van der Waals surface area contributed by atoms with E-state index in [2.05, 4.69) is 20.3 Å². The highest BCUT2D eigenvalue weighted by Gasteiger charge is 2.41. The lowest BCUT2D eigenvalue weighted by Gasteiger charge is -2.33. The van der Waals surface area contributed by atoms with E-state index in [0.717, 1.165) is 11.3 Å². The van der Waals surface area contributed by atoms with Gasteiger partial charge in [0.25, 0.3) is 5.91 Å². The number of benzene rings is 1. The van der Waals surface area contributed by atoms with Crippen molar-refractivity contribution in [1.82, 2.24) is 10.3 Å². The van der Waals surface area contributed by atoms with Crippen LogP contribution in [0.4, 0.5) is 13.2 Å². The van der Waals surface area contributed by atoms with Crippen LogP contribution >= 0.6 is 11.3 Å². The van der Waals surface area contributed by atoms with Gasteiger partial charge in [0.05, 0.1) is 26.0 Å². The molecule has 13 heteroatoms. The molecule has 0 spiro atoms. The number of aromatic carboxylic acids is 1. The van der Waals surface area contributed by atoms with Crippen molar-refractivity contribution in [1.29, 1.82) is 0 Å². The zero-order valence-corrected chi connectivity index (χ0v) is 20.2. The van der Waals surface area contributed by atoms with Crippen molar-refractivity contribution in [2.24, 2.45) is 15.4 Å². The molecule has 4 rings (SSSR count). The normalized spacial score (nSPS) is 22.7. The molecule has 3 heterocycles. The number of carboxylic acids is 1. The van der Waals surface area contributed by atoms with Gasteiger partial charge in [-0.15, -0.1) is 11.3 Å². The van der Waals surface area contributed by atoms with Gasteiger partial charge in [-0.25, -0.2) is 14.8 Å². The topological polar surface area (TPSA) is 122 Å². The van der Waals surface area contributed by atoms with Crippen molar-refractivity contribution >= 4 is 35.3 Å². The van der Waals surface area contributed by atoms with Gasteiger partial charge < -0.3 is 19.9 Å². The molecule has 2 aliphatic heterocycles. The number of halogens is 3. The number of ether oxygens (including phenoxy) is 2. The van der Waals surface area contributed by atoms with Crippen LogP contribution in [-0.2, 0) is 4.74 Å². The van der Waals surface area contributed by atoms with Gasteiger partial charge in [0.15, 0.2) is 0 Å². The van der Waals surface area contributed by atoms with Crippen LogP contribution in [0.2, 0.25) is 0 Å². The predicted molar refractivity (Wildman–Crippen MR) is 126 cm³/mol. The third-order valence-electron chi connectivity index (χ3n) is 5.96. The zero-order valence-electron chi connectivity index (χ0n) is 19.3. The van der Waals surface area contributed by atoms with Crippen LogP contribution in [0, 0.1) is 5.41 Å². The molecule has 3 atom stereocenters. The van der Waals surface area contributed by atoms with Gasteiger partial charge in [-0.2, -0.15) is 13.2 Å². The molecule has 1 amide bonds. The van der Waals surface area contributed by atoms with Crippen LogP contribution in [-0.4, -0.2) is 72.1 Å². The minimum Gasteiger partial charge on any atom is -0.488 e. The van der Waals surface area contributed by atoms with Gasteiger partial charge in [0.2, 0.25) is 5.84 Å². The molecule has 1 aromatic carbocycles. The number of carbonyl (C=O) groups is 2. The Hall–Kier alpha value is -3.32. The standard InChI is InChI=1S/C23H23F3N4O5S/c1-12(22(2)10-28-21(29-11-22)23(24,25)26)30-18(31)13-5-14(19-27-8-17(36-19)20(32)33)7-16(6-13)35-15-3-4-34-9-15/h5-8,10,12,15H,3-4,9,11H2,1-2H3,(H,30,31)(H,32,33)/t12-,15-,22?/m1/s1. The van der Waals surface area contributed by atoms with Gasteiger partial charge in [-0.1, -0.05) is 6.92 Å². The van der Waals surface area contributed by atoms with Gasteiger partial charge in [0, 0.05) is 35.2 Å². The van der Waals surface area contributed by atoms with Crippen molar-refractivity contribution in [2.75, 3.05) is 19.8 Å². The summed E-state index contributed by atoms with van der Waals surface area (Å²) in [4.78, 5) is 35.7. The molecule has 36 heavy (non-hydrogen) atoms. The smallest absolute Gasteiger partial charge is 0.451 e. The van der Waals surface area contributed by atoms with E-state index in [1.807, 2.05) is 0 Å². The number of amides is 1. The third-order valence-corrected chi connectivity index (χ3v) is 7.00. The van der Waals surface area contributed by atoms with E-state index in [4.69, 9.17) is 9.47 Å². The highest BCUT2D eigenvalue weighted by atomic mass is 32.1. The van der Waals surface area contributed by atoms with E-state index in [9.17, 15) is 27.9 Å². The van der Waals surface area contributed by atoms with Gasteiger partial charge in [-0.05, 0) is 25.1 Å². The number of thiazole rings is 1. The minimum atomic E-state index is -4.64. The molecule has 2 N–H and O–H groups in total. The number of hydrogen-bond donors (Lipinski definition) is 2. The molecular weight excluding hydrogens is 501 g/mol. The van der Waals surface area contributed by atoms with Crippen molar-refractivity contribution < 1.29 is 37.3 Å². The highest BCUT2D eigenvalue weighted by molar-refractivity contribution is 7.16. The molecule has 2 aliphatic rings. The molecule has 2 aromatic rings. The summed E-state index contributed by atoms with van der Waals surface area (Å²) in [5, 5.41) is 12.4. The molecule has 1 saturated heterocycles. The number of aliphatic imine (C=N–C) groups is 2. The number of rotatable bonds is 7. The third kappa shape index (κ3) is 5.73. The first-order valence-corrected chi connectivity index (χ1v) is 11.8. The lowest BCUT2D eigenvalue weighted by atomic mass is 9.83. The van der Waals surface area contributed by atoms with E-state index in [1.54, 1.807) is 32.0 Å². The Labute approximate surface area is 208 Å². The molecule has 1 fully saturated rings. The SMILES string of the molecule is C[C@@H](NC(=O)c1cc(O[C@@H]2CCOC2)cc(-c2ncc(C(=O)O)s2)c1)C1(C)C=NC(C(F)(F)F)=NC1. The summed E-state index contributed by atoms with van der Waals surface area (Å²) in [6.07, 6.45) is -1.74. The molecule has 0 saturated carbocycles. The first-order valence-electron chi connectivity index (χ1n) is 11.0. The Morgan fingerprint density at radius 2 is 2.11 bits per heavy atom. The summed E-state index contributed by atoms with van der Waals surface area (Å²) >= 11 is 0.957. The summed E-state index contributed by atoms with van der Waals surface area (Å²) in [6, 6.07) is 4.17. The maximum absolute atomic E-state index is 13.2. The second kappa shape index (κ2) is 9.97. The predicted octanol–water partition coefficient (Wildman–Crippen LogP) is 3.85. The fourth-order valence-corrected chi connectivity index (χ4v) is 4.36. The Morgan fingerprint density at radius 1 is 1.33 bits per heavy atom. The fourth-order valence-electron chi connectivity index (χ4n) is 3.62. The van der Waals surface area contributed by atoms with Crippen molar-refractivity contribution in [3.63, 3.8) is 0 Å². The summed E-state index contributed by atoms with van der Waals surface area (Å²) in [6.45, 7) is 4.09. The lowest BCUT2D eigenvalue weighted by molar-refractivity contribution is -0.0602. The Bertz CT molecular complexity index is 1220. The molecule has 1 unspecified atom stereocenters. The molecule has 0 bridgehead atoms. The second-order valence-corrected chi connectivity index (χ2v) is 9.81. The largest absolute Gasteiger partial charge is 0.488 e. The van der Waals surface area contributed by atoms with E-state index in [0.29, 0.717) is 36.0 Å².